The van der Waals surface area contributed by atoms with Crippen molar-refractivity contribution in [2.24, 2.45) is 0 Å². The van der Waals surface area contributed by atoms with E-state index in [0.717, 1.165) is 24.2 Å². The van der Waals surface area contributed by atoms with Crippen molar-refractivity contribution < 1.29 is 4.57 Å². The lowest BCUT2D eigenvalue weighted by atomic mass is 10.1. The fraction of sp³-hybridized carbons (Fsp3) is 0.133. The molecular weight excluding hydrogens is 466 g/mol. The van der Waals surface area contributed by atoms with Crippen LogP contribution in [0.5, 0.6) is 0 Å². The fourth-order valence-electron chi connectivity index (χ4n) is 4.26. The second kappa shape index (κ2) is 10.4. The Morgan fingerprint density at radius 3 is 2.54 bits per heavy atom. The van der Waals surface area contributed by atoms with E-state index in [-0.39, 0.29) is 0 Å². The Balaban J connectivity index is 1.59. The first kappa shape index (κ1) is 23.2. The third-order valence-corrected chi connectivity index (χ3v) is 8.22. The summed E-state index contributed by atoms with van der Waals surface area (Å²) in [5, 5.41) is 11.6. The first-order valence-corrected chi connectivity index (χ1v) is 13.4. The minimum absolute atomic E-state index is 0.674. The number of aromatic nitrogens is 1. The number of aryl methyl sites for hydroxylation is 1. The van der Waals surface area contributed by atoms with Crippen molar-refractivity contribution in [1.29, 1.82) is 5.26 Å². The van der Waals surface area contributed by atoms with Gasteiger partial charge in [-0.25, -0.2) is 0 Å². The zero-order valence-electron chi connectivity index (χ0n) is 19.8. The van der Waals surface area contributed by atoms with E-state index in [1.165, 1.54) is 30.8 Å². The molecule has 0 saturated heterocycles. The molecule has 0 atom stereocenters. The summed E-state index contributed by atoms with van der Waals surface area (Å²) in [5.41, 5.74) is 5.42. The van der Waals surface area contributed by atoms with E-state index in [0.29, 0.717) is 5.56 Å². The average molecular weight is 493 g/mol. The van der Waals surface area contributed by atoms with Gasteiger partial charge in [0.2, 0.25) is 5.52 Å². The van der Waals surface area contributed by atoms with Crippen LogP contribution in [-0.4, -0.2) is 6.54 Å². The molecule has 2 heterocycles. The van der Waals surface area contributed by atoms with Gasteiger partial charge in [0.15, 0.2) is 0 Å². The van der Waals surface area contributed by atoms with Crippen molar-refractivity contribution in [2.45, 2.75) is 25.3 Å². The number of thioether (sulfide) groups is 1. The number of hydrogen-bond acceptors (Lipinski definition) is 4. The summed E-state index contributed by atoms with van der Waals surface area (Å²) >= 11 is 3.64. The third kappa shape index (κ3) is 4.81. The highest BCUT2D eigenvalue weighted by Gasteiger charge is 2.24. The normalized spacial score (nSPS) is 14.7. The van der Waals surface area contributed by atoms with Crippen molar-refractivity contribution >= 4 is 51.2 Å². The van der Waals surface area contributed by atoms with Gasteiger partial charge in [-0.3, -0.25) is 0 Å². The van der Waals surface area contributed by atoms with Crippen LogP contribution in [0.4, 0.5) is 5.69 Å². The maximum Gasteiger partial charge on any atom is 0.263 e. The van der Waals surface area contributed by atoms with E-state index >= 15 is 0 Å². The molecule has 0 saturated carbocycles. The van der Waals surface area contributed by atoms with Crippen LogP contribution in [0.2, 0.25) is 0 Å². The molecule has 1 aliphatic rings. The molecule has 1 aliphatic heterocycles. The predicted molar refractivity (Wildman–Crippen MR) is 149 cm³/mol. The van der Waals surface area contributed by atoms with Gasteiger partial charge in [0.1, 0.15) is 11.2 Å². The Morgan fingerprint density at radius 1 is 1.00 bits per heavy atom. The van der Waals surface area contributed by atoms with Gasteiger partial charge in [0.05, 0.1) is 22.3 Å². The molecule has 5 heteroatoms. The molecule has 0 unspecified atom stereocenters. The molecule has 3 aromatic carbocycles. The van der Waals surface area contributed by atoms with Gasteiger partial charge < -0.3 is 4.90 Å². The van der Waals surface area contributed by atoms with Gasteiger partial charge in [-0.2, -0.15) is 9.83 Å². The summed E-state index contributed by atoms with van der Waals surface area (Å²) in [6, 6.07) is 27.1. The molecule has 0 amide bonds. The van der Waals surface area contributed by atoms with Crippen LogP contribution in [-0.2, 0) is 6.54 Å². The number of benzene rings is 3. The Kier molecular flexibility index (Phi) is 6.85. The molecule has 0 fully saturated rings. The molecule has 4 aromatic rings. The Labute approximate surface area is 215 Å². The second-order valence-corrected chi connectivity index (χ2v) is 10.3. The average Bonchev–Trinajstić information content (AvgIpc) is 3.44. The lowest BCUT2D eigenvalue weighted by Gasteiger charge is -2.18. The largest absolute Gasteiger partial charge is 0.335 e. The zero-order valence-corrected chi connectivity index (χ0v) is 21.4. The van der Waals surface area contributed by atoms with Crippen LogP contribution in [0, 0.1) is 11.3 Å². The summed E-state index contributed by atoms with van der Waals surface area (Å²) in [7, 11) is 0. The molecule has 1 aromatic heterocycles. The number of nitrogens with zero attached hydrogens (tertiary/aromatic N) is 3. The maximum absolute atomic E-state index is 9.11. The minimum Gasteiger partial charge on any atom is -0.335 e. The minimum atomic E-state index is 0.674. The number of nitriles is 1. The summed E-state index contributed by atoms with van der Waals surface area (Å²) in [5.74, 6) is 0. The molecule has 0 radical (unpaired) electrons. The first-order chi connectivity index (χ1) is 17.2. The van der Waals surface area contributed by atoms with Crippen LogP contribution >= 0.6 is 23.1 Å². The Morgan fingerprint density at radius 2 is 1.77 bits per heavy atom. The van der Waals surface area contributed by atoms with Crippen LogP contribution in [0.15, 0.2) is 100 Å². The molecule has 35 heavy (non-hydrogen) atoms. The summed E-state index contributed by atoms with van der Waals surface area (Å²) in [4.78, 5) is 3.67. The van der Waals surface area contributed by atoms with Crippen LogP contribution < -0.4 is 9.47 Å². The maximum atomic E-state index is 9.11. The summed E-state index contributed by atoms with van der Waals surface area (Å²) in [6.45, 7) is 6.23. The van der Waals surface area contributed by atoms with E-state index in [4.69, 9.17) is 5.26 Å². The van der Waals surface area contributed by atoms with Gasteiger partial charge >= 0.3 is 0 Å². The lowest BCUT2D eigenvalue weighted by molar-refractivity contribution is -0.665. The van der Waals surface area contributed by atoms with E-state index in [1.807, 2.05) is 47.4 Å². The van der Waals surface area contributed by atoms with E-state index in [1.54, 1.807) is 0 Å². The highest BCUT2D eigenvalue weighted by molar-refractivity contribution is 8.03. The lowest BCUT2D eigenvalue weighted by Crippen LogP contribution is -2.33. The van der Waals surface area contributed by atoms with Crippen molar-refractivity contribution in [3.05, 3.63) is 112 Å². The van der Waals surface area contributed by atoms with Crippen molar-refractivity contribution in [3.63, 3.8) is 0 Å². The molecule has 0 aliphatic carbocycles. The van der Waals surface area contributed by atoms with Gasteiger partial charge in [-0.1, -0.05) is 71.6 Å². The summed E-state index contributed by atoms with van der Waals surface area (Å²) in [6.07, 6.45) is 8.88. The van der Waals surface area contributed by atoms with Crippen molar-refractivity contribution in [2.75, 3.05) is 11.4 Å². The number of hydrogen-bond donors (Lipinski definition) is 0. The Hall–Kier alpha value is -3.59. The highest BCUT2D eigenvalue weighted by Crippen LogP contribution is 2.46. The number of para-hydroxylation sites is 2. The van der Waals surface area contributed by atoms with Crippen molar-refractivity contribution in [3.8, 4) is 6.07 Å². The fourth-order valence-corrected chi connectivity index (χ4v) is 6.63. The molecule has 3 nitrogen and oxygen atoms in total. The molecule has 0 bridgehead atoms. The van der Waals surface area contributed by atoms with E-state index < -0.39 is 0 Å². The standard InChI is InChI=1S/C30H26N3S2/c1-3-32-25-9-5-7-11-27(25)34-29(32)19-24(18-15-22-13-16-23(21-31)17-14-22)20-30-33(4-2)26-10-6-8-12-28(26)35-30/h5-20H,3-4H2,1-2H3/q+1/b18-15+. The molecular formula is C30H26N3S2+. The topological polar surface area (TPSA) is 30.9 Å². The zero-order chi connectivity index (χ0) is 24.2. The number of fused-ring (bicyclic) bond motifs is 2. The van der Waals surface area contributed by atoms with Crippen LogP contribution in [0.25, 0.3) is 22.4 Å². The van der Waals surface area contributed by atoms with Gasteiger partial charge in [-0.15, -0.1) is 0 Å². The monoisotopic (exact) mass is 492 g/mol. The third-order valence-electron chi connectivity index (χ3n) is 5.99. The number of anilines is 1. The number of allylic oxidation sites excluding steroid dienone is 3. The molecule has 0 N–H and O–H groups in total. The highest BCUT2D eigenvalue weighted by atomic mass is 32.2. The summed E-state index contributed by atoms with van der Waals surface area (Å²) < 4.78 is 3.67. The van der Waals surface area contributed by atoms with Crippen LogP contribution in [0.3, 0.4) is 0 Å². The van der Waals surface area contributed by atoms with Gasteiger partial charge in [0.25, 0.3) is 5.01 Å². The number of rotatable bonds is 6. The van der Waals surface area contributed by atoms with E-state index in [9.17, 15) is 0 Å². The Bertz CT molecular complexity index is 1500. The SMILES string of the molecule is CCN1/C(=C/C(=C\c2sc3ccccc3[n+]2CC)/C=C/c2ccc(C#N)cc2)Sc2ccccc21. The predicted octanol–water partition coefficient (Wildman–Crippen LogP) is 7.65. The number of thiazole rings is 1. The van der Waals surface area contributed by atoms with Crippen molar-refractivity contribution in [1.82, 2.24) is 0 Å². The van der Waals surface area contributed by atoms with Crippen LogP contribution in [0.1, 0.15) is 30.0 Å². The second-order valence-electron chi connectivity index (χ2n) is 8.16. The van der Waals surface area contributed by atoms with Gasteiger partial charge in [-0.05, 0) is 61.4 Å². The first-order valence-electron chi connectivity index (χ1n) is 11.8. The van der Waals surface area contributed by atoms with E-state index in [2.05, 4.69) is 102 Å². The quantitative estimate of drug-likeness (QED) is 0.205. The molecule has 172 valence electrons. The molecule has 5 rings (SSSR count). The smallest absolute Gasteiger partial charge is 0.263 e. The molecule has 0 spiro atoms. The van der Waals surface area contributed by atoms with Gasteiger partial charge in [0, 0.05) is 23.6 Å².